The van der Waals surface area contributed by atoms with Crippen LogP contribution in [0, 0.1) is 12.7 Å². The molecule has 0 bridgehead atoms. The molecule has 10 heteroatoms. The van der Waals surface area contributed by atoms with E-state index in [4.69, 9.17) is 4.74 Å². The van der Waals surface area contributed by atoms with Crippen molar-refractivity contribution in [3.8, 4) is 11.4 Å². The van der Waals surface area contributed by atoms with E-state index < -0.39 is 11.9 Å². The molecule has 4 rings (SSSR count). The lowest BCUT2D eigenvalue weighted by Gasteiger charge is -2.20. The van der Waals surface area contributed by atoms with Gasteiger partial charge in [0.1, 0.15) is 28.0 Å². The molecule has 1 unspecified atom stereocenters. The first-order valence-corrected chi connectivity index (χ1v) is 11.8. The van der Waals surface area contributed by atoms with Gasteiger partial charge in [-0.25, -0.2) is 9.07 Å². The van der Waals surface area contributed by atoms with Gasteiger partial charge in [-0.3, -0.25) is 14.5 Å². The molecule has 0 amide bonds. The Bertz CT molecular complexity index is 1330. The Morgan fingerprint density at radius 2 is 1.97 bits per heavy atom. The summed E-state index contributed by atoms with van der Waals surface area (Å²) in [4.78, 5) is 17.6. The predicted octanol–water partition coefficient (Wildman–Crippen LogP) is 5.83. The second kappa shape index (κ2) is 9.56. The molecule has 0 spiro atoms. The summed E-state index contributed by atoms with van der Waals surface area (Å²) in [6, 6.07) is 7.74. The summed E-state index contributed by atoms with van der Waals surface area (Å²) in [6.45, 7) is 6.20. The third-order valence-corrected chi connectivity index (χ3v) is 6.43. The maximum atomic E-state index is 14.3. The van der Waals surface area contributed by atoms with E-state index in [9.17, 15) is 9.18 Å². The smallest absolute Gasteiger partial charge is 0.215 e. The molecule has 3 heterocycles. The zero-order chi connectivity index (χ0) is 23.7. The maximum Gasteiger partial charge on any atom is 0.215 e. The van der Waals surface area contributed by atoms with Crippen LogP contribution in [-0.2, 0) is 6.54 Å². The number of hydrogen-bond donors (Lipinski definition) is 0. The van der Waals surface area contributed by atoms with Crippen molar-refractivity contribution in [2.45, 2.75) is 33.4 Å². The third-order valence-electron chi connectivity index (χ3n) is 5.16. The van der Waals surface area contributed by atoms with Gasteiger partial charge in [0.25, 0.3) is 0 Å². The number of ether oxygens (including phenoxy) is 1. The fraction of sp³-hybridized carbons (Fsp3) is 0.217. The molecule has 0 aliphatic heterocycles. The number of rotatable bonds is 7. The summed E-state index contributed by atoms with van der Waals surface area (Å²) in [5.41, 5.74) is 2.53. The summed E-state index contributed by atoms with van der Waals surface area (Å²) < 4.78 is 24.9. The molecule has 33 heavy (non-hydrogen) atoms. The normalized spacial score (nSPS) is 12.1. The molecule has 3 aromatic heterocycles. The van der Waals surface area contributed by atoms with Gasteiger partial charge in [0.2, 0.25) is 5.78 Å². The summed E-state index contributed by atoms with van der Waals surface area (Å²) in [7, 11) is 0. The maximum absolute atomic E-state index is 14.3. The Balaban J connectivity index is 1.74. The zero-order valence-corrected chi connectivity index (χ0v) is 21.3. The monoisotopic (exact) mass is 575 g/mol. The number of pyridine rings is 1. The lowest BCUT2D eigenvalue weighted by atomic mass is 10.1. The van der Waals surface area contributed by atoms with Crippen LogP contribution in [0.5, 0.6) is 5.75 Å². The van der Waals surface area contributed by atoms with E-state index in [0.717, 1.165) is 4.47 Å². The second-order valence-corrected chi connectivity index (χ2v) is 8.99. The average Bonchev–Trinajstić information content (AvgIpc) is 3.42. The van der Waals surface area contributed by atoms with E-state index in [2.05, 4.69) is 47.0 Å². The van der Waals surface area contributed by atoms with Gasteiger partial charge in [0.05, 0.1) is 29.3 Å². The van der Waals surface area contributed by atoms with Gasteiger partial charge >= 0.3 is 0 Å². The van der Waals surface area contributed by atoms with Crippen molar-refractivity contribution >= 4 is 37.6 Å². The number of carbonyl (C=O) groups is 1. The molecule has 7 nitrogen and oxygen atoms in total. The van der Waals surface area contributed by atoms with Gasteiger partial charge in [0.15, 0.2) is 0 Å². The Morgan fingerprint density at radius 1 is 1.18 bits per heavy atom. The lowest BCUT2D eigenvalue weighted by molar-refractivity contribution is 0.103. The van der Waals surface area contributed by atoms with E-state index in [1.54, 1.807) is 23.0 Å². The van der Waals surface area contributed by atoms with Crippen LogP contribution < -0.4 is 4.74 Å². The fourth-order valence-corrected chi connectivity index (χ4v) is 4.39. The molecule has 0 aliphatic rings. The van der Waals surface area contributed by atoms with E-state index in [-0.39, 0.29) is 5.78 Å². The largest absolute Gasteiger partial charge is 0.484 e. The summed E-state index contributed by atoms with van der Waals surface area (Å²) in [5.74, 6) is -0.102. The highest BCUT2D eigenvalue weighted by Crippen LogP contribution is 2.31. The number of nitrogens with zero attached hydrogens (tertiary/aromatic N) is 5. The molecule has 0 N–H and O–H groups in total. The minimum atomic E-state index is -0.549. The van der Waals surface area contributed by atoms with Crippen LogP contribution in [0.4, 0.5) is 4.39 Å². The van der Waals surface area contributed by atoms with E-state index in [1.807, 2.05) is 26.8 Å². The summed E-state index contributed by atoms with van der Waals surface area (Å²) >= 11 is 6.84. The van der Waals surface area contributed by atoms with Crippen LogP contribution in [-0.4, -0.2) is 30.3 Å². The van der Waals surface area contributed by atoms with Gasteiger partial charge in [-0.1, -0.05) is 0 Å². The number of halogens is 3. The van der Waals surface area contributed by atoms with Crippen LogP contribution in [0.25, 0.3) is 5.69 Å². The molecule has 0 fully saturated rings. The van der Waals surface area contributed by atoms with Crippen molar-refractivity contribution in [3.05, 3.63) is 86.3 Å². The van der Waals surface area contributed by atoms with E-state index in [0.29, 0.717) is 45.1 Å². The van der Waals surface area contributed by atoms with Crippen LogP contribution in [0.15, 0.2) is 58.0 Å². The molecular weight excluding hydrogens is 557 g/mol. The van der Waals surface area contributed by atoms with Crippen LogP contribution in [0.3, 0.4) is 0 Å². The van der Waals surface area contributed by atoms with Crippen molar-refractivity contribution in [2.24, 2.45) is 0 Å². The minimum absolute atomic E-state index is 0.255. The highest BCUT2D eigenvalue weighted by Gasteiger charge is 2.24. The predicted molar refractivity (Wildman–Crippen MR) is 128 cm³/mol. The number of ketones is 1. The molecule has 1 aromatic carbocycles. The van der Waals surface area contributed by atoms with E-state index >= 15 is 0 Å². The number of aromatic nitrogens is 5. The highest BCUT2D eigenvalue weighted by atomic mass is 79.9. The number of carbonyl (C=O) groups excluding carboxylic acids is 1. The first-order valence-electron chi connectivity index (χ1n) is 10.2. The standard InChI is InChI=1S/C23H20Br2FN5O2/c1-4-30-23(25)18(12-29-30)22(32)20-7-8-28-31(20)19-6-5-16(26)10-17(19)14(3)33-21-9-15(24)11-27-13(21)2/h5-12,14H,4H2,1-3H3. The van der Waals surface area contributed by atoms with Gasteiger partial charge in [-0.15, -0.1) is 0 Å². The van der Waals surface area contributed by atoms with Gasteiger partial charge in [-0.05, 0) is 83.0 Å². The summed E-state index contributed by atoms with van der Waals surface area (Å²) in [6.07, 6.45) is 4.19. The van der Waals surface area contributed by atoms with Gasteiger partial charge in [-0.2, -0.15) is 10.2 Å². The Kier molecular flexibility index (Phi) is 6.76. The van der Waals surface area contributed by atoms with Crippen molar-refractivity contribution in [3.63, 3.8) is 0 Å². The Morgan fingerprint density at radius 3 is 2.70 bits per heavy atom. The quantitative estimate of drug-likeness (QED) is 0.259. The molecule has 1 atom stereocenters. The van der Waals surface area contributed by atoms with Crippen molar-refractivity contribution in [2.75, 3.05) is 0 Å². The molecule has 4 aromatic rings. The van der Waals surface area contributed by atoms with Crippen molar-refractivity contribution < 1.29 is 13.9 Å². The molecule has 0 saturated carbocycles. The van der Waals surface area contributed by atoms with Crippen molar-refractivity contribution in [1.82, 2.24) is 24.5 Å². The fourth-order valence-electron chi connectivity index (χ4n) is 3.45. The molecule has 0 saturated heterocycles. The first kappa shape index (κ1) is 23.3. The van der Waals surface area contributed by atoms with Gasteiger partial charge in [0, 0.05) is 22.8 Å². The SMILES string of the molecule is CCn1ncc(C(=O)c2ccnn2-c2ccc(F)cc2C(C)Oc2cc(Br)cnc2C)c1Br. The average molecular weight is 577 g/mol. The number of hydrogen-bond acceptors (Lipinski definition) is 5. The van der Waals surface area contributed by atoms with Crippen LogP contribution >= 0.6 is 31.9 Å². The van der Waals surface area contributed by atoms with Crippen molar-refractivity contribution in [1.29, 1.82) is 0 Å². The number of benzene rings is 1. The lowest BCUT2D eigenvalue weighted by Crippen LogP contribution is -2.15. The molecule has 0 radical (unpaired) electrons. The molecule has 170 valence electrons. The molecule has 0 aliphatic carbocycles. The first-order chi connectivity index (χ1) is 15.8. The number of aryl methyl sites for hydroxylation is 2. The van der Waals surface area contributed by atoms with E-state index in [1.165, 1.54) is 29.2 Å². The Labute approximate surface area is 206 Å². The van der Waals surface area contributed by atoms with Crippen LogP contribution in [0.1, 0.15) is 47.3 Å². The zero-order valence-electron chi connectivity index (χ0n) is 18.1. The third kappa shape index (κ3) is 4.63. The topological polar surface area (TPSA) is 74.8 Å². The minimum Gasteiger partial charge on any atom is -0.484 e. The van der Waals surface area contributed by atoms with Crippen LogP contribution in [0.2, 0.25) is 0 Å². The second-order valence-electron chi connectivity index (χ2n) is 7.32. The summed E-state index contributed by atoms with van der Waals surface area (Å²) in [5, 5.41) is 8.58. The molecular formula is C23H20Br2FN5O2. The van der Waals surface area contributed by atoms with Gasteiger partial charge < -0.3 is 4.74 Å². The highest BCUT2D eigenvalue weighted by molar-refractivity contribution is 9.10. The Hall–Kier alpha value is -2.85.